The van der Waals surface area contributed by atoms with Crippen molar-refractivity contribution in [2.45, 2.75) is 57.2 Å². The SMILES string of the molecule is CC(=O)c1c([C@@H]2C[C@H]3CC[C@@H](C2)N3C(=O)c2nnc[nH]2)nc2c(-c3ccc(CO)nc3)cnn2c1N. The maximum absolute atomic E-state index is 13.1. The first kappa shape index (κ1) is 22.3. The number of aromatic nitrogens is 7. The van der Waals surface area contributed by atoms with E-state index in [0.29, 0.717) is 35.4 Å². The van der Waals surface area contributed by atoms with Crippen LogP contribution in [0.1, 0.15) is 70.9 Å². The molecule has 1 amide bonds. The summed E-state index contributed by atoms with van der Waals surface area (Å²) in [6, 6.07) is 3.63. The lowest BCUT2D eigenvalue weighted by Gasteiger charge is -2.38. The molecule has 4 N–H and O–H groups in total. The lowest BCUT2D eigenvalue weighted by atomic mass is 9.85. The van der Waals surface area contributed by atoms with Gasteiger partial charge in [0.1, 0.15) is 12.1 Å². The number of Topliss-reactive ketones (excluding diaryl/α,β-unsaturated/α-hetero) is 1. The van der Waals surface area contributed by atoms with Crippen molar-refractivity contribution < 1.29 is 14.7 Å². The first-order valence-corrected chi connectivity index (χ1v) is 11.9. The minimum Gasteiger partial charge on any atom is -0.390 e. The Morgan fingerprint density at radius 1 is 1.19 bits per heavy atom. The van der Waals surface area contributed by atoms with Gasteiger partial charge in [-0.1, -0.05) is 6.07 Å². The number of rotatable bonds is 5. The molecule has 0 spiro atoms. The standard InChI is InChI=1S/C24H25N9O3/c1-12(35)19-20(14-6-16-4-5-17(7-14)32(16)24(36)22-27-11-28-31-22)30-23-18(9-29-33(23)21(19)25)13-2-3-15(10-34)26-8-13/h2-3,8-9,11,14,16-17,34H,4-7,10,25H2,1H3,(H,27,28,31)/t14-,16-,17+. The predicted molar refractivity (Wildman–Crippen MR) is 128 cm³/mol. The average molecular weight is 488 g/mol. The fourth-order valence-electron chi connectivity index (χ4n) is 5.73. The highest BCUT2D eigenvalue weighted by molar-refractivity contribution is 6.00. The molecule has 3 atom stereocenters. The topological polar surface area (TPSA) is 168 Å². The van der Waals surface area contributed by atoms with E-state index < -0.39 is 0 Å². The maximum atomic E-state index is 13.1. The third kappa shape index (κ3) is 3.44. The van der Waals surface area contributed by atoms with Crippen LogP contribution in [0.25, 0.3) is 16.8 Å². The van der Waals surface area contributed by atoms with Crippen LogP contribution in [-0.2, 0) is 6.61 Å². The molecule has 0 aliphatic carbocycles. The Morgan fingerprint density at radius 2 is 1.97 bits per heavy atom. The summed E-state index contributed by atoms with van der Waals surface area (Å²) in [7, 11) is 0. The van der Waals surface area contributed by atoms with Crippen LogP contribution in [0.4, 0.5) is 5.82 Å². The smallest absolute Gasteiger partial charge is 0.292 e. The highest BCUT2D eigenvalue weighted by Crippen LogP contribution is 2.45. The van der Waals surface area contributed by atoms with E-state index in [1.807, 2.05) is 11.0 Å². The molecule has 0 saturated carbocycles. The first-order valence-electron chi connectivity index (χ1n) is 11.9. The van der Waals surface area contributed by atoms with Gasteiger partial charge in [-0.3, -0.25) is 14.6 Å². The Bertz CT molecular complexity index is 1450. The molecule has 2 aliphatic heterocycles. The molecule has 4 aromatic rings. The zero-order valence-electron chi connectivity index (χ0n) is 19.6. The van der Waals surface area contributed by atoms with Gasteiger partial charge in [0, 0.05) is 35.3 Å². The number of nitrogens with two attached hydrogens (primary N) is 1. The molecule has 0 radical (unpaired) electrons. The third-order valence-electron chi connectivity index (χ3n) is 7.33. The second-order valence-corrected chi connectivity index (χ2v) is 9.41. The third-order valence-corrected chi connectivity index (χ3v) is 7.33. The molecular formula is C24H25N9O3. The van der Waals surface area contributed by atoms with Gasteiger partial charge in [0.25, 0.3) is 5.91 Å². The van der Waals surface area contributed by atoms with Crippen molar-refractivity contribution in [3.05, 3.63) is 53.6 Å². The van der Waals surface area contributed by atoms with Crippen LogP contribution >= 0.6 is 0 Å². The van der Waals surface area contributed by atoms with Crippen molar-refractivity contribution in [1.82, 2.24) is 39.7 Å². The summed E-state index contributed by atoms with van der Waals surface area (Å²) in [6.45, 7) is 1.34. The summed E-state index contributed by atoms with van der Waals surface area (Å²) < 4.78 is 1.49. The van der Waals surface area contributed by atoms with Gasteiger partial charge in [-0.25, -0.2) is 4.98 Å². The van der Waals surface area contributed by atoms with Gasteiger partial charge in [0.05, 0.1) is 29.8 Å². The molecule has 2 saturated heterocycles. The van der Waals surface area contributed by atoms with Crippen molar-refractivity contribution in [2.75, 3.05) is 5.73 Å². The number of carbonyl (C=O) groups excluding carboxylic acids is 2. The highest BCUT2D eigenvalue weighted by Gasteiger charge is 2.45. The summed E-state index contributed by atoms with van der Waals surface area (Å²) in [6.07, 6.45) is 7.84. The van der Waals surface area contributed by atoms with Crippen LogP contribution in [0.3, 0.4) is 0 Å². The quantitative estimate of drug-likeness (QED) is 0.355. The van der Waals surface area contributed by atoms with E-state index in [0.717, 1.165) is 24.0 Å². The molecule has 2 fully saturated rings. The number of carbonyl (C=O) groups is 2. The Labute approximate surface area is 205 Å². The van der Waals surface area contributed by atoms with E-state index in [1.54, 1.807) is 18.5 Å². The number of pyridine rings is 1. The molecule has 0 unspecified atom stereocenters. The molecule has 12 heteroatoms. The number of nitrogens with zero attached hydrogens (tertiary/aromatic N) is 7. The predicted octanol–water partition coefficient (Wildman–Crippen LogP) is 1.74. The number of hydrogen-bond acceptors (Lipinski definition) is 9. The van der Waals surface area contributed by atoms with Crippen molar-refractivity contribution in [3.63, 3.8) is 0 Å². The van der Waals surface area contributed by atoms with Gasteiger partial charge in [-0.05, 0) is 38.7 Å². The Kier molecular flexibility index (Phi) is 5.25. The van der Waals surface area contributed by atoms with Crippen molar-refractivity contribution >= 4 is 23.2 Å². The summed E-state index contributed by atoms with van der Waals surface area (Å²) in [5.74, 6) is 0.134. The van der Waals surface area contributed by atoms with E-state index in [4.69, 9.17) is 10.7 Å². The molecule has 36 heavy (non-hydrogen) atoms. The fraction of sp³-hybridized carbons (Fsp3) is 0.375. The summed E-state index contributed by atoms with van der Waals surface area (Å²) in [5.41, 5.74) is 10.1. The van der Waals surface area contributed by atoms with E-state index in [-0.39, 0.29) is 47.9 Å². The monoisotopic (exact) mass is 487 g/mol. The van der Waals surface area contributed by atoms with Crippen LogP contribution in [-0.4, -0.2) is 68.5 Å². The number of hydrogen-bond donors (Lipinski definition) is 3. The summed E-state index contributed by atoms with van der Waals surface area (Å²) in [5, 5.41) is 21.3. The lowest BCUT2D eigenvalue weighted by molar-refractivity contribution is 0.0556. The molecule has 4 aromatic heterocycles. The highest BCUT2D eigenvalue weighted by atomic mass is 16.3. The van der Waals surface area contributed by atoms with E-state index in [2.05, 4.69) is 25.3 Å². The van der Waals surface area contributed by atoms with E-state index in [1.165, 1.54) is 17.8 Å². The number of aliphatic hydroxyl groups is 1. The van der Waals surface area contributed by atoms with Gasteiger partial charge in [0.2, 0.25) is 5.82 Å². The Balaban J connectivity index is 1.40. The zero-order chi connectivity index (χ0) is 25.0. The molecule has 6 rings (SSSR count). The fourth-order valence-corrected chi connectivity index (χ4v) is 5.73. The number of fused-ring (bicyclic) bond motifs is 3. The van der Waals surface area contributed by atoms with Gasteiger partial charge in [-0.2, -0.15) is 9.61 Å². The molecule has 2 bridgehead atoms. The average Bonchev–Trinajstić information content (AvgIpc) is 3.62. The van der Waals surface area contributed by atoms with Crippen LogP contribution < -0.4 is 5.73 Å². The second kappa shape index (κ2) is 8.48. The number of ketones is 1. The van der Waals surface area contributed by atoms with Gasteiger partial charge < -0.3 is 20.7 Å². The molecule has 12 nitrogen and oxygen atoms in total. The molecule has 0 aromatic carbocycles. The number of H-pyrrole nitrogens is 1. The van der Waals surface area contributed by atoms with Crippen LogP contribution in [0, 0.1) is 0 Å². The summed E-state index contributed by atoms with van der Waals surface area (Å²) in [4.78, 5) is 39.7. The van der Waals surface area contributed by atoms with Gasteiger partial charge in [-0.15, -0.1) is 10.2 Å². The number of amides is 1. The number of aromatic amines is 1. The largest absolute Gasteiger partial charge is 0.390 e. The van der Waals surface area contributed by atoms with E-state index in [9.17, 15) is 14.7 Å². The van der Waals surface area contributed by atoms with E-state index >= 15 is 0 Å². The van der Waals surface area contributed by atoms with Gasteiger partial charge in [0.15, 0.2) is 11.4 Å². The number of anilines is 1. The number of nitrogen functional groups attached to an aromatic ring is 1. The minimum atomic E-state index is -0.171. The maximum Gasteiger partial charge on any atom is 0.292 e. The number of piperidine rings is 1. The van der Waals surface area contributed by atoms with Crippen LogP contribution in [0.2, 0.25) is 0 Å². The van der Waals surface area contributed by atoms with Crippen molar-refractivity contribution in [1.29, 1.82) is 0 Å². The zero-order valence-corrected chi connectivity index (χ0v) is 19.6. The van der Waals surface area contributed by atoms with Gasteiger partial charge >= 0.3 is 0 Å². The molecule has 2 aliphatic rings. The molecule has 6 heterocycles. The minimum absolute atomic E-state index is 0.0185. The molecular weight excluding hydrogens is 462 g/mol. The first-order chi connectivity index (χ1) is 17.5. The van der Waals surface area contributed by atoms with Crippen LogP contribution in [0.15, 0.2) is 30.9 Å². The number of nitrogens with one attached hydrogen (secondary N) is 1. The Hall–Kier alpha value is -4.19. The Morgan fingerprint density at radius 3 is 2.58 bits per heavy atom. The lowest BCUT2D eigenvalue weighted by Crippen LogP contribution is -2.46. The van der Waals surface area contributed by atoms with Crippen molar-refractivity contribution in [2.24, 2.45) is 0 Å². The number of aliphatic hydroxyl groups excluding tert-OH is 1. The molecule has 184 valence electrons. The van der Waals surface area contributed by atoms with Crippen LogP contribution in [0.5, 0.6) is 0 Å². The normalized spacial score (nSPS) is 21.3. The van der Waals surface area contributed by atoms with Crippen molar-refractivity contribution in [3.8, 4) is 11.1 Å². The second-order valence-electron chi connectivity index (χ2n) is 9.41. The summed E-state index contributed by atoms with van der Waals surface area (Å²) >= 11 is 0.